The zero-order chi connectivity index (χ0) is 13.6. The lowest BCUT2D eigenvalue weighted by Crippen LogP contribution is -2.24. The van der Waals surface area contributed by atoms with Crippen molar-refractivity contribution < 1.29 is 9.47 Å². The highest BCUT2D eigenvalue weighted by atomic mass is 33.1. The van der Waals surface area contributed by atoms with Crippen LogP contribution in [0, 0.1) is 0 Å². The summed E-state index contributed by atoms with van der Waals surface area (Å²) >= 11 is 0. The van der Waals surface area contributed by atoms with Gasteiger partial charge in [-0.2, -0.15) is 0 Å². The number of unbranched alkanes of at least 4 members (excludes halogenated alkanes) is 1. The molecule has 0 aromatic heterocycles. The first-order valence-electron chi connectivity index (χ1n) is 6.80. The first-order valence-corrected chi connectivity index (χ1v) is 9.29. The smallest absolute Gasteiger partial charge is 0.102 e. The van der Waals surface area contributed by atoms with Gasteiger partial charge < -0.3 is 14.8 Å². The van der Waals surface area contributed by atoms with Gasteiger partial charge in [0.05, 0.1) is 6.10 Å². The van der Waals surface area contributed by atoms with Crippen molar-refractivity contribution in [2.75, 3.05) is 31.5 Å². The van der Waals surface area contributed by atoms with E-state index in [1.807, 2.05) is 10.8 Å². The lowest BCUT2D eigenvalue weighted by Gasteiger charge is -2.08. The topological polar surface area (TPSA) is 30.5 Å². The van der Waals surface area contributed by atoms with E-state index in [2.05, 4.69) is 33.0 Å². The summed E-state index contributed by atoms with van der Waals surface area (Å²) in [6, 6.07) is 0.583. The maximum Gasteiger partial charge on any atom is 0.102 e. The third-order valence-corrected chi connectivity index (χ3v) is 4.18. The minimum absolute atomic E-state index is 0.345. The average molecular weight is 296 g/mol. The van der Waals surface area contributed by atoms with Crippen LogP contribution in [-0.2, 0) is 9.47 Å². The molecule has 0 radical (unpaired) electrons. The Bertz CT molecular complexity index is 151. The molecule has 3 nitrogen and oxygen atoms in total. The minimum atomic E-state index is 0.345. The van der Waals surface area contributed by atoms with Crippen molar-refractivity contribution in [3.05, 3.63) is 0 Å². The molecule has 0 fully saturated rings. The summed E-state index contributed by atoms with van der Waals surface area (Å²) in [6.45, 7) is 11.2. The maximum absolute atomic E-state index is 5.53. The molecule has 1 N–H and O–H groups in total. The monoisotopic (exact) mass is 295 g/mol. The highest BCUT2D eigenvalue weighted by Crippen LogP contribution is 2.20. The molecule has 0 atom stereocenters. The van der Waals surface area contributed by atoms with Crippen LogP contribution in [0.5, 0.6) is 0 Å². The zero-order valence-electron chi connectivity index (χ0n) is 12.2. The fourth-order valence-electron chi connectivity index (χ4n) is 1.20. The fraction of sp³-hybridized carbons (Fsp3) is 1.00. The molecule has 18 heavy (non-hydrogen) atoms. The second-order valence-corrected chi connectivity index (χ2v) is 7.23. The third kappa shape index (κ3) is 16.6. The van der Waals surface area contributed by atoms with Crippen molar-refractivity contribution in [2.24, 2.45) is 0 Å². The van der Waals surface area contributed by atoms with Gasteiger partial charge in [0.25, 0.3) is 0 Å². The molecule has 0 aliphatic rings. The van der Waals surface area contributed by atoms with E-state index in [4.69, 9.17) is 9.47 Å². The first kappa shape index (κ1) is 18.6. The number of rotatable bonds is 13. The van der Waals surface area contributed by atoms with Gasteiger partial charge in [-0.1, -0.05) is 35.4 Å². The summed E-state index contributed by atoms with van der Waals surface area (Å²) in [5.41, 5.74) is 0. The molecule has 5 heteroatoms. The van der Waals surface area contributed by atoms with E-state index in [0.717, 1.165) is 44.3 Å². The molecular weight excluding hydrogens is 266 g/mol. The third-order valence-electron chi connectivity index (χ3n) is 2.09. The average Bonchev–Trinajstić information content (AvgIpc) is 2.29. The highest BCUT2D eigenvalue weighted by Gasteiger charge is 1.95. The Kier molecular flexibility index (Phi) is 14.5. The molecular formula is C13H29NO2S2. The summed E-state index contributed by atoms with van der Waals surface area (Å²) in [6.07, 6.45) is 2.53. The van der Waals surface area contributed by atoms with E-state index in [9.17, 15) is 0 Å². The number of hydrogen-bond donors (Lipinski definition) is 1. The largest absolute Gasteiger partial charge is 0.379 e. The predicted octanol–water partition coefficient (Wildman–Crippen LogP) is 3.55. The fourth-order valence-corrected chi connectivity index (χ4v) is 2.79. The van der Waals surface area contributed by atoms with Gasteiger partial charge in [-0.15, -0.1) is 0 Å². The van der Waals surface area contributed by atoms with E-state index in [0.29, 0.717) is 12.1 Å². The Morgan fingerprint density at radius 3 is 2.39 bits per heavy atom. The highest BCUT2D eigenvalue weighted by molar-refractivity contribution is 8.76. The molecule has 0 aromatic carbocycles. The minimum Gasteiger partial charge on any atom is -0.379 e. The van der Waals surface area contributed by atoms with Crippen LogP contribution in [0.1, 0.15) is 40.5 Å². The van der Waals surface area contributed by atoms with Crippen molar-refractivity contribution in [1.29, 1.82) is 0 Å². The number of ether oxygens (including phenoxy) is 2. The van der Waals surface area contributed by atoms with Crippen molar-refractivity contribution in [3.63, 3.8) is 0 Å². The summed E-state index contributed by atoms with van der Waals surface area (Å²) < 4.78 is 11.0. The van der Waals surface area contributed by atoms with Crippen LogP contribution >= 0.6 is 21.6 Å². The van der Waals surface area contributed by atoms with Gasteiger partial charge in [0.15, 0.2) is 0 Å². The van der Waals surface area contributed by atoms with Gasteiger partial charge in [0.1, 0.15) is 5.94 Å². The SMILES string of the molecule is CC(C)NCCSSCOCCCCOC(C)C. The molecule has 110 valence electrons. The Hall–Kier alpha value is 0.580. The number of nitrogens with one attached hydrogen (secondary N) is 1. The standard InChI is InChI=1S/C13H29NO2S2/c1-12(2)14-7-10-17-18-11-15-8-5-6-9-16-13(3)4/h12-14H,5-11H2,1-4H3. The van der Waals surface area contributed by atoms with Gasteiger partial charge in [-0.25, -0.2) is 0 Å². The van der Waals surface area contributed by atoms with Crippen LogP contribution in [-0.4, -0.2) is 43.6 Å². The quantitative estimate of drug-likeness (QED) is 0.319. The molecule has 0 saturated heterocycles. The van der Waals surface area contributed by atoms with E-state index in [1.54, 1.807) is 10.8 Å². The van der Waals surface area contributed by atoms with E-state index in [1.165, 1.54) is 0 Å². The van der Waals surface area contributed by atoms with Gasteiger partial charge in [-0.3, -0.25) is 0 Å². The normalized spacial score (nSPS) is 11.7. The van der Waals surface area contributed by atoms with E-state index < -0.39 is 0 Å². The first-order chi connectivity index (χ1) is 8.63. The number of hydrogen-bond acceptors (Lipinski definition) is 5. The molecule has 0 unspecified atom stereocenters. The summed E-state index contributed by atoms with van der Waals surface area (Å²) in [5.74, 6) is 1.92. The molecule has 0 aliphatic heterocycles. The summed E-state index contributed by atoms with van der Waals surface area (Å²) in [4.78, 5) is 0. The zero-order valence-corrected chi connectivity index (χ0v) is 13.9. The molecule has 0 saturated carbocycles. The van der Waals surface area contributed by atoms with E-state index >= 15 is 0 Å². The molecule has 0 aliphatic carbocycles. The van der Waals surface area contributed by atoms with E-state index in [-0.39, 0.29) is 0 Å². The summed E-state index contributed by atoms with van der Waals surface area (Å²) in [5, 5.41) is 3.39. The lowest BCUT2D eigenvalue weighted by atomic mass is 10.3. The van der Waals surface area contributed by atoms with Crippen LogP contribution in [0.25, 0.3) is 0 Å². The molecule has 0 aromatic rings. The van der Waals surface area contributed by atoms with Gasteiger partial charge in [0.2, 0.25) is 0 Å². The van der Waals surface area contributed by atoms with Gasteiger partial charge >= 0.3 is 0 Å². The van der Waals surface area contributed by atoms with Crippen LogP contribution in [0.3, 0.4) is 0 Å². The molecule has 0 rings (SSSR count). The van der Waals surface area contributed by atoms with Crippen molar-refractivity contribution in [1.82, 2.24) is 5.32 Å². The lowest BCUT2D eigenvalue weighted by molar-refractivity contribution is 0.0702. The Morgan fingerprint density at radius 1 is 1.00 bits per heavy atom. The van der Waals surface area contributed by atoms with Crippen LogP contribution < -0.4 is 5.32 Å². The van der Waals surface area contributed by atoms with Crippen molar-refractivity contribution in [2.45, 2.75) is 52.7 Å². The second-order valence-electron chi connectivity index (χ2n) is 4.70. The Labute approximate surface area is 121 Å². The summed E-state index contributed by atoms with van der Waals surface area (Å²) in [7, 11) is 3.67. The molecule has 0 amide bonds. The van der Waals surface area contributed by atoms with Crippen molar-refractivity contribution >= 4 is 21.6 Å². The van der Waals surface area contributed by atoms with Gasteiger partial charge in [0, 0.05) is 31.6 Å². The Balaban J connectivity index is 2.95. The predicted molar refractivity (Wildman–Crippen MR) is 84.3 cm³/mol. The Morgan fingerprint density at radius 2 is 1.72 bits per heavy atom. The molecule has 0 bridgehead atoms. The van der Waals surface area contributed by atoms with Crippen LogP contribution in [0.15, 0.2) is 0 Å². The van der Waals surface area contributed by atoms with Gasteiger partial charge in [-0.05, 0) is 26.7 Å². The second kappa shape index (κ2) is 14.0. The van der Waals surface area contributed by atoms with Crippen LogP contribution in [0.4, 0.5) is 0 Å². The molecule has 0 heterocycles. The van der Waals surface area contributed by atoms with Crippen LogP contribution in [0.2, 0.25) is 0 Å². The maximum atomic E-state index is 5.53. The van der Waals surface area contributed by atoms with Crippen molar-refractivity contribution in [3.8, 4) is 0 Å². The molecule has 0 spiro atoms.